The van der Waals surface area contributed by atoms with Gasteiger partial charge in [-0.2, -0.15) is 0 Å². The van der Waals surface area contributed by atoms with E-state index in [2.05, 4.69) is 74.9 Å². The maximum atomic E-state index is 12.7. The van der Waals surface area contributed by atoms with E-state index in [4.69, 9.17) is 0 Å². The molecule has 3 heterocycles. The van der Waals surface area contributed by atoms with Crippen molar-refractivity contribution >= 4 is 17.2 Å². The van der Waals surface area contributed by atoms with Gasteiger partial charge in [0.1, 0.15) is 0 Å². The summed E-state index contributed by atoms with van der Waals surface area (Å²) >= 11 is 1.76. The minimum absolute atomic E-state index is 0.00275. The fourth-order valence-electron chi connectivity index (χ4n) is 4.11. The van der Waals surface area contributed by atoms with E-state index in [1.54, 1.807) is 35.9 Å². The van der Waals surface area contributed by atoms with Gasteiger partial charge in [-0.3, -0.25) is 19.6 Å². The highest BCUT2D eigenvalue weighted by Gasteiger charge is 2.31. The third kappa shape index (κ3) is 5.14. The van der Waals surface area contributed by atoms with Crippen molar-refractivity contribution in [1.29, 1.82) is 0 Å². The van der Waals surface area contributed by atoms with Crippen LogP contribution in [0.2, 0.25) is 0 Å². The van der Waals surface area contributed by atoms with Crippen molar-refractivity contribution in [3.05, 3.63) is 88.4 Å². The van der Waals surface area contributed by atoms with Gasteiger partial charge in [0.25, 0.3) is 5.91 Å². The van der Waals surface area contributed by atoms with Gasteiger partial charge >= 0.3 is 0 Å². The van der Waals surface area contributed by atoms with Gasteiger partial charge in [0.05, 0.1) is 11.6 Å². The van der Waals surface area contributed by atoms with Crippen LogP contribution in [0.1, 0.15) is 33.8 Å². The number of nitrogens with one attached hydrogen (secondary N) is 1. The fraction of sp³-hybridized carbons (Fsp3) is 0.333. The van der Waals surface area contributed by atoms with E-state index in [-0.39, 0.29) is 18.0 Å². The second-order valence-corrected chi connectivity index (χ2v) is 8.74. The standard InChI is InChI=1S/C24H28N4OS/c1-19(26-24(29)21-9-5-11-25-17-21)23(22-10-6-16-30-22)28-14-12-27(13-15-28)18-20-7-3-2-4-8-20/h2-11,16-17,19,23H,12-15,18H2,1H3,(H,26,29)/t19-,23+/m1/s1. The molecule has 1 amide bonds. The van der Waals surface area contributed by atoms with E-state index in [0.717, 1.165) is 32.7 Å². The second kappa shape index (κ2) is 9.98. The van der Waals surface area contributed by atoms with Gasteiger partial charge < -0.3 is 5.32 Å². The Bertz CT molecular complexity index is 909. The summed E-state index contributed by atoms with van der Waals surface area (Å²) in [6.07, 6.45) is 3.30. The first kappa shape index (κ1) is 20.7. The number of carbonyl (C=O) groups excluding carboxylic acids is 1. The van der Waals surface area contributed by atoms with E-state index >= 15 is 0 Å². The maximum Gasteiger partial charge on any atom is 0.253 e. The topological polar surface area (TPSA) is 48.5 Å². The van der Waals surface area contributed by atoms with Gasteiger partial charge in [0.15, 0.2) is 0 Å². The van der Waals surface area contributed by atoms with Crippen molar-refractivity contribution in [2.45, 2.75) is 25.6 Å². The summed E-state index contributed by atoms with van der Waals surface area (Å²) in [6, 6.07) is 18.7. The van der Waals surface area contributed by atoms with Crippen molar-refractivity contribution in [2.75, 3.05) is 26.2 Å². The fourth-order valence-corrected chi connectivity index (χ4v) is 5.07. The predicted octanol–water partition coefficient (Wildman–Crippen LogP) is 3.82. The van der Waals surface area contributed by atoms with Gasteiger partial charge in [-0.25, -0.2) is 0 Å². The molecule has 0 radical (unpaired) electrons. The summed E-state index contributed by atoms with van der Waals surface area (Å²) in [4.78, 5) is 23.1. The van der Waals surface area contributed by atoms with Crippen LogP contribution < -0.4 is 5.32 Å². The SMILES string of the molecule is C[C@@H](NC(=O)c1cccnc1)[C@@H](c1cccs1)N1CCN(Cc2ccccc2)CC1. The molecule has 0 spiro atoms. The molecule has 4 rings (SSSR count). The van der Waals surface area contributed by atoms with E-state index in [9.17, 15) is 4.79 Å². The predicted molar refractivity (Wildman–Crippen MR) is 122 cm³/mol. The van der Waals surface area contributed by atoms with Crippen LogP contribution in [-0.2, 0) is 6.54 Å². The summed E-state index contributed by atoms with van der Waals surface area (Å²) < 4.78 is 0. The van der Waals surface area contributed by atoms with Crippen LogP contribution in [0.5, 0.6) is 0 Å². The first-order valence-corrected chi connectivity index (χ1v) is 11.3. The number of piperazine rings is 1. The first-order chi connectivity index (χ1) is 14.7. The zero-order valence-electron chi connectivity index (χ0n) is 17.3. The lowest BCUT2D eigenvalue weighted by atomic mass is 10.0. The van der Waals surface area contributed by atoms with Crippen molar-refractivity contribution < 1.29 is 4.79 Å². The number of benzene rings is 1. The van der Waals surface area contributed by atoms with Gasteiger partial charge in [0, 0.05) is 56.0 Å². The van der Waals surface area contributed by atoms with Gasteiger partial charge in [-0.15, -0.1) is 11.3 Å². The molecule has 1 aromatic carbocycles. The number of carbonyl (C=O) groups is 1. The molecule has 0 saturated carbocycles. The van der Waals surface area contributed by atoms with Crippen molar-refractivity contribution in [3.63, 3.8) is 0 Å². The Labute approximate surface area is 182 Å². The molecule has 0 bridgehead atoms. The molecule has 1 saturated heterocycles. The van der Waals surface area contributed by atoms with Crippen molar-refractivity contribution in [1.82, 2.24) is 20.1 Å². The first-order valence-electron chi connectivity index (χ1n) is 10.5. The summed E-state index contributed by atoms with van der Waals surface area (Å²) in [6.45, 7) is 7.13. The molecule has 1 aliphatic heterocycles. The lowest BCUT2D eigenvalue weighted by molar-refractivity contribution is 0.0714. The number of hydrogen-bond acceptors (Lipinski definition) is 5. The van der Waals surface area contributed by atoms with Crippen LogP contribution in [0, 0.1) is 0 Å². The molecule has 0 aliphatic carbocycles. The van der Waals surface area contributed by atoms with Crippen LogP contribution >= 0.6 is 11.3 Å². The van der Waals surface area contributed by atoms with Crippen LogP contribution in [0.25, 0.3) is 0 Å². The van der Waals surface area contributed by atoms with Crippen LogP contribution in [0.3, 0.4) is 0 Å². The molecule has 0 unspecified atom stereocenters. The van der Waals surface area contributed by atoms with Crippen molar-refractivity contribution in [2.24, 2.45) is 0 Å². The molecule has 1 aliphatic rings. The molecule has 1 fully saturated rings. The van der Waals surface area contributed by atoms with E-state index in [1.165, 1.54) is 10.4 Å². The van der Waals surface area contributed by atoms with Gasteiger partial charge in [0.2, 0.25) is 0 Å². The Hall–Kier alpha value is -2.54. The van der Waals surface area contributed by atoms with Crippen molar-refractivity contribution in [3.8, 4) is 0 Å². The monoisotopic (exact) mass is 420 g/mol. The molecular formula is C24H28N4OS. The second-order valence-electron chi connectivity index (χ2n) is 7.76. The number of amides is 1. The highest BCUT2D eigenvalue weighted by molar-refractivity contribution is 7.10. The minimum atomic E-state index is -0.0696. The third-order valence-corrected chi connectivity index (χ3v) is 6.58. The largest absolute Gasteiger partial charge is 0.348 e. The molecule has 156 valence electrons. The summed E-state index contributed by atoms with van der Waals surface area (Å²) in [5, 5.41) is 5.32. The van der Waals surface area contributed by atoms with E-state index in [0.29, 0.717) is 5.56 Å². The number of aromatic nitrogens is 1. The molecule has 6 heteroatoms. The van der Waals surface area contributed by atoms with Gasteiger partial charge in [-0.1, -0.05) is 36.4 Å². The average Bonchev–Trinajstić information content (AvgIpc) is 3.31. The van der Waals surface area contributed by atoms with Crippen LogP contribution in [0.4, 0.5) is 0 Å². The molecule has 3 aromatic rings. The van der Waals surface area contributed by atoms with E-state index < -0.39 is 0 Å². The van der Waals surface area contributed by atoms with Crippen LogP contribution in [-0.4, -0.2) is 52.9 Å². The zero-order chi connectivity index (χ0) is 20.8. The Morgan fingerprint density at radius 3 is 2.53 bits per heavy atom. The highest BCUT2D eigenvalue weighted by Crippen LogP contribution is 2.29. The minimum Gasteiger partial charge on any atom is -0.348 e. The Kier molecular flexibility index (Phi) is 6.89. The highest BCUT2D eigenvalue weighted by atomic mass is 32.1. The number of hydrogen-bond donors (Lipinski definition) is 1. The number of rotatable bonds is 7. The Balaban J connectivity index is 1.41. The quantitative estimate of drug-likeness (QED) is 0.631. The molecule has 5 nitrogen and oxygen atoms in total. The molecule has 30 heavy (non-hydrogen) atoms. The lowest BCUT2D eigenvalue weighted by Gasteiger charge is -2.41. The third-order valence-electron chi connectivity index (χ3n) is 5.64. The number of pyridine rings is 1. The lowest BCUT2D eigenvalue weighted by Crippen LogP contribution is -2.52. The smallest absolute Gasteiger partial charge is 0.253 e. The summed E-state index contributed by atoms with van der Waals surface area (Å²) in [5.41, 5.74) is 1.96. The molecular weight excluding hydrogens is 392 g/mol. The normalized spacial score (nSPS) is 17.4. The average molecular weight is 421 g/mol. The maximum absolute atomic E-state index is 12.7. The summed E-state index contributed by atoms with van der Waals surface area (Å²) in [7, 11) is 0. The van der Waals surface area contributed by atoms with Crippen LogP contribution in [0.15, 0.2) is 72.4 Å². The number of nitrogens with zero attached hydrogens (tertiary/aromatic N) is 3. The molecule has 1 N–H and O–H groups in total. The Morgan fingerprint density at radius 1 is 1.07 bits per heavy atom. The summed E-state index contributed by atoms with van der Waals surface area (Å²) in [5.74, 6) is -0.0696. The van der Waals surface area contributed by atoms with Gasteiger partial charge in [-0.05, 0) is 36.1 Å². The zero-order valence-corrected chi connectivity index (χ0v) is 18.1. The Morgan fingerprint density at radius 2 is 1.87 bits per heavy atom. The van der Waals surface area contributed by atoms with E-state index in [1.807, 2.05) is 0 Å². The molecule has 2 atom stereocenters. The molecule has 2 aromatic heterocycles. The number of thiophene rings is 1.